The molecule has 64 valence electrons. The second kappa shape index (κ2) is 4.38. The molecule has 1 aliphatic rings. The third-order valence-electron chi connectivity index (χ3n) is 1.33. The largest absolute Gasteiger partial charge is 0.462 e. The standard InChI is InChI=1S/C9H11NO2/c1-2-12-9(11)8-5-3-4-6-10-7-8/h3-7,10H,2H2,1H3. The van der Waals surface area contributed by atoms with Gasteiger partial charge in [-0.2, -0.15) is 0 Å². The van der Waals surface area contributed by atoms with Crippen LogP contribution in [0.2, 0.25) is 0 Å². The van der Waals surface area contributed by atoms with Crippen LogP contribution >= 0.6 is 0 Å². The molecule has 0 aromatic heterocycles. The van der Waals surface area contributed by atoms with Gasteiger partial charge in [0, 0.05) is 12.4 Å². The summed E-state index contributed by atoms with van der Waals surface area (Å²) in [6, 6.07) is 0. The molecule has 0 unspecified atom stereocenters. The Kier molecular flexibility index (Phi) is 3.14. The number of allylic oxidation sites excluding steroid dienone is 2. The molecule has 0 aliphatic carbocycles. The van der Waals surface area contributed by atoms with E-state index in [2.05, 4.69) is 5.32 Å². The predicted octanol–water partition coefficient (Wildman–Crippen LogP) is 1.11. The molecule has 0 amide bonds. The summed E-state index contributed by atoms with van der Waals surface area (Å²) in [7, 11) is 0. The van der Waals surface area contributed by atoms with E-state index in [1.807, 2.05) is 6.08 Å². The maximum Gasteiger partial charge on any atom is 0.339 e. The van der Waals surface area contributed by atoms with Crippen molar-refractivity contribution in [3.05, 3.63) is 36.2 Å². The maximum absolute atomic E-state index is 11.1. The van der Waals surface area contributed by atoms with E-state index in [4.69, 9.17) is 4.74 Å². The van der Waals surface area contributed by atoms with E-state index in [0.29, 0.717) is 12.2 Å². The van der Waals surface area contributed by atoms with Gasteiger partial charge in [-0.15, -0.1) is 0 Å². The summed E-state index contributed by atoms with van der Waals surface area (Å²) in [5, 5.41) is 2.83. The molecule has 0 atom stereocenters. The minimum atomic E-state index is -0.301. The highest BCUT2D eigenvalue weighted by Crippen LogP contribution is 2.01. The van der Waals surface area contributed by atoms with Crippen molar-refractivity contribution in [1.82, 2.24) is 5.32 Å². The summed E-state index contributed by atoms with van der Waals surface area (Å²) < 4.78 is 4.81. The van der Waals surface area contributed by atoms with Crippen molar-refractivity contribution in [2.24, 2.45) is 0 Å². The number of rotatable bonds is 2. The van der Waals surface area contributed by atoms with Gasteiger partial charge in [-0.05, 0) is 19.1 Å². The van der Waals surface area contributed by atoms with Crippen molar-refractivity contribution >= 4 is 5.97 Å². The normalized spacial score (nSPS) is 14.6. The quantitative estimate of drug-likeness (QED) is 0.623. The van der Waals surface area contributed by atoms with Crippen LogP contribution in [0.1, 0.15) is 6.92 Å². The molecule has 1 rings (SSSR count). The van der Waals surface area contributed by atoms with E-state index in [1.165, 1.54) is 0 Å². The van der Waals surface area contributed by atoms with Crippen LogP contribution in [0.25, 0.3) is 0 Å². The third-order valence-corrected chi connectivity index (χ3v) is 1.33. The number of nitrogens with one attached hydrogen (secondary N) is 1. The molecule has 0 bridgehead atoms. The Morgan fingerprint density at radius 1 is 1.58 bits per heavy atom. The first-order chi connectivity index (χ1) is 5.84. The molecular weight excluding hydrogens is 154 g/mol. The Morgan fingerprint density at radius 3 is 3.17 bits per heavy atom. The van der Waals surface area contributed by atoms with Gasteiger partial charge >= 0.3 is 5.97 Å². The van der Waals surface area contributed by atoms with Gasteiger partial charge in [-0.3, -0.25) is 0 Å². The lowest BCUT2D eigenvalue weighted by atomic mass is 10.3. The zero-order chi connectivity index (χ0) is 8.81. The number of hydrogen-bond acceptors (Lipinski definition) is 3. The van der Waals surface area contributed by atoms with Gasteiger partial charge in [0.1, 0.15) is 0 Å². The molecule has 0 fully saturated rings. The smallest absolute Gasteiger partial charge is 0.339 e. The van der Waals surface area contributed by atoms with Crippen LogP contribution in [0.5, 0.6) is 0 Å². The zero-order valence-corrected chi connectivity index (χ0v) is 6.91. The molecule has 12 heavy (non-hydrogen) atoms. The average molecular weight is 165 g/mol. The number of hydrogen-bond donors (Lipinski definition) is 1. The van der Waals surface area contributed by atoms with Crippen molar-refractivity contribution < 1.29 is 9.53 Å². The first-order valence-corrected chi connectivity index (χ1v) is 3.81. The van der Waals surface area contributed by atoms with Crippen molar-refractivity contribution in [1.29, 1.82) is 0 Å². The molecule has 0 saturated heterocycles. The second-order valence-electron chi connectivity index (χ2n) is 2.21. The lowest BCUT2D eigenvalue weighted by molar-refractivity contribution is -0.138. The molecule has 1 heterocycles. The van der Waals surface area contributed by atoms with Gasteiger partial charge in [0.15, 0.2) is 0 Å². The highest BCUT2D eigenvalue weighted by atomic mass is 16.5. The fraction of sp³-hybridized carbons (Fsp3) is 0.222. The van der Waals surface area contributed by atoms with Gasteiger partial charge in [0.25, 0.3) is 0 Å². The highest BCUT2D eigenvalue weighted by molar-refractivity contribution is 5.91. The summed E-state index contributed by atoms with van der Waals surface area (Å²) >= 11 is 0. The molecule has 0 aromatic rings. The van der Waals surface area contributed by atoms with Crippen molar-refractivity contribution in [3.63, 3.8) is 0 Å². The Balaban J connectivity index is 2.62. The monoisotopic (exact) mass is 165 g/mol. The fourth-order valence-corrected chi connectivity index (χ4v) is 0.798. The molecule has 0 spiro atoms. The lowest BCUT2D eigenvalue weighted by Crippen LogP contribution is -2.08. The number of esters is 1. The molecule has 1 N–H and O–H groups in total. The SMILES string of the molecule is CCOC(=O)C1=CNC=CC=C1. The van der Waals surface area contributed by atoms with E-state index < -0.39 is 0 Å². The van der Waals surface area contributed by atoms with E-state index in [9.17, 15) is 4.79 Å². The average Bonchev–Trinajstić information content (AvgIpc) is 2.32. The number of ether oxygens (including phenoxy) is 1. The third kappa shape index (κ3) is 2.27. The van der Waals surface area contributed by atoms with Crippen LogP contribution in [0.4, 0.5) is 0 Å². The van der Waals surface area contributed by atoms with Gasteiger partial charge in [-0.1, -0.05) is 6.08 Å². The van der Waals surface area contributed by atoms with Crippen LogP contribution in [-0.2, 0) is 9.53 Å². The van der Waals surface area contributed by atoms with Crippen LogP contribution in [-0.4, -0.2) is 12.6 Å². The Bertz CT molecular complexity index is 251. The Morgan fingerprint density at radius 2 is 2.42 bits per heavy atom. The van der Waals surface area contributed by atoms with E-state index in [1.54, 1.807) is 31.5 Å². The van der Waals surface area contributed by atoms with Crippen LogP contribution in [0, 0.1) is 0 Å². The summed E-state index contributed by atoms with van der Waals surface area (Å²) in [4.78, 5) is 11.1. The molecule has 3 heteroatoms. The Hall–Kier alpha value is -1.51. The lowest BCUT2D eigenvalue weighted by Gasteiger charge is -2.00. The first kappa shape index (κ1) is 8.59. The molecule has 3 nitrogen and oxygen atoms in total. The van der Waals surface area contributed by atoms with Crippen molar-refractivity contribution in [2.75, 3.05) is 6.61 Å². The topological polar surface area (TPSA) is 38.3 Å². The van der Waals surface area contributed by atoms with Crippen molar-refractivity contribution in [3.8, 4) is 0 Å². The minimum absolute atomic E-state index is 0.301. The fourth-order valence-electron chi connectivity index (χ4n) is 0.798. The van der Waals surface area contributed by atoms with Crippen molar-refractivity contribution in [2.45, 2.75) is 6.92 Å². The Labute approximate surface area is 71.4 Å². The van der Waals surface area contributed by atoms with E-state index >= 15 is 0 Å². The van der Waals surface area contributed by atoms with Crippen LogP contribution in [0.15, 0.2) is 36.2 Å². The second-order valence-corrected chi connectivity index (χ2v) is 2.21. The van der Waals surface area contributed by atoms with Crippen LogP contribution < -0.4 is 5.32 Å². The maximum atomic E-state index is 11.1. The molecule has 0 aromatic carbocycles. The zero-order valence-electron chi connectivity index (χ0n) is 6.91. The molecule has 1 aliphatic heterocycles. The number of carbonyl (C=O) groups is 1. The number of carbonyl (C=O) groups excluding carboxylic acids is 1. The van der Waals surface area contributed by atoms with Gasteiger partial charge in [-0.25, -0.2) is 4.79 Å². The minimum Gasteiger partial charge on any atom is -0.462 e. The van der Waals surface area contributed by atoms with E-state index in [0.717, 1.165) is 0 Å². The summed E-state index contributed by atoms with van der Waals surface area (Å²) in [5.41, 5.74) is 0.529. The molecule has 0 saturated carbocycles. The summed E-state index contributed by atoms with van der Waals surface area (Å²) in [6.07, 6.45) is 8.64. The van der Waals surface area contributed by atoms with E-state index in [-0.39, 0.29) is 5.97 Å². The summed E-state index contributed by atoms with van der Waals surface area (Å²) in [5.74, 6) is -0.301. The molecule has 0 radical (unpaired) electrons. The van der Waals surface area contributed by atoms with Gasteiger partial charge in [0.05, 0.1) is 12.2 Å². The molecular formula is C9H11NO2. The summed E-state index contributed by atoms with van der Waals surface area (Å²) in [6.45, 7) is 2.18. The predicted molar refractivity (Wildman–Crippen MR) is 46.1 cm³/mol. The highest BCUT2D eigenvalue weighted by Gasteiger charge is 2.06. The van der Waals surface area contributed by atoms with Crippen LogP contribution in [0.3, 0.4) is 0 Å². The van der Waals surface area contributed by atoms with Gasteiger partial charge in [0.2, 0.25) is 0 Å². The first-order valence-electron chi connectivity index (χ1n) is 3.81. The van der Waals surface area contributed by atoms with Gasteiger partial charge < -0.3 is 10.1 Å².